The molecule has 3 heterocycles. The number of anilines is 3. The third-order valence-corrected chi connectivity index (χ3v) is 6.37. The summed E-state index contributed by atoms with van der Waals surface area (Å²) in [4.78, 5) is 22.2. The lowest BCUT2D eigenvalue weighted by atomic mass is 10.0. The molecule has 10 nitrogen and oxygen atoms in total. The molecule has 0 unspecified atom stereocenters. The number of nitriles is 1. The fourth-order valence-corrected chi connectivity index (χ4v) is 4.44. The Morgan fingerprint density at radius 2 is 2.21 bits per heavy atom. The van der Waals surface area contributed by atoms with Gasteiger partial charge in [-0.3, -0.25) is 4.79 Å². The molecular weight excluding hydrogens is 491 g/mol. The average Bonchev–Trinajstić information content (AvgIpc) is 2.94. The van der Waals surface area contributed by atoms with Gasteiger partial charge in [0.25, 0.3) is 5.91 Å². The number of nitrogens with one attached hydrogen (secondary N) is 2. The lowest BCUT2D eigenvalue weighted by Crippen LogP contribution is -2.51. The SMILES string of the molecule is C[C@H](O)C(=O)N1CC[C@H](Oc2ccc(-c3nccc(Nc4ccc5c(c4)NCCO5)n3)cc2C#N)[C@H](F)C1. The Hall–Kier alpha value is -4.43. The molecule has 0 saturated carbocycles. The molecule has 0 radical (unpaired) electrons. The van der Waals surface area contributed by atoms with E-state index in [0.717, 1.165) is 23.7 Å². The number of ether oxygens (including phenoxy) is 2. The lowest BCUT2D eigenvalue weighted by molar-refractivity contribution is -0.143. The van der Waals surface area contributed by atoms with E-state index in [1.165, 1.54) is 11.8 Å². The second kappa shape index (κ2) is 10.9. The maximum absolute atomic E-state index is 14.8. The van der Waals surface area contributed by atoms with Crippen LogP contribution in [0.2, 0.25) is 0 Å². The molecule has 1 saturated heterocycles. The molecular formula is C27H27FN6O4. The maximum Gasteiger partial charge on any atom is 0.251 e. The van der Waals surface area contributed by atoms with Crippen LogP contribution in [-0.4, -0.2) is 70.5 Å². The minimum atomic E-state index is -1.45. The molecule has 5 rings (SSSR count). The predicted molar refractivity (Wildman–Crippen MR) is 138 cm³/mol. The molecule has 1 aromatic heterocycles. The van der Waals surface area contributed by atoms with Gasteiger partial charge in [0, 0.05) is 37.0 Å². The van der Waals surface area contributed by atoms with Crippen LogP contribution in [0.4, 0.5) is 21.6 Å². The number of hydrogen-bond acceptors (Lipinski definition) is 9. The van der Waals surface area contributed by atoms with Crippen molar-refractivity contribution in [2.24, 2.45) is 0 Å². The van der Waals surface area contributed by atoms with Crippen LogP contribution in [0.5, 0.6) is 11.5 Å². The minimum absolute atomic E-state index is 0.171. The van der Waals surface area contributed by atoms with E-state index in [4.69, 9.17) is 9.47 Å². The van der Waals surface area contributed by atoms with E-state index in [-0.39, 0.29) is 30.8 Å². The van der Waals surface area contributed by atoms with Crippen molar-refractivity contribution in [1.82, 2.24) is 14.9 Å². The van der Waals surface area contributed by atoms with Gasteiger partial charge in [-0.1, -0.05) is 0 Å². The molecule has 1 amide bonds. The summed E-state index contributed by atoms with van der Waals surface area (Å²) in [5, 5.41) is 25.8. The van der Waals surface area contributed by atoms with Crippen molar-refractivity contribution in [3.63, 3.8) is 0 Å². The molecule has 11 heteroatoms. The highest BCUT2D eigenvalue weighted by molar-refractivity contribution is 5.80. The van der Waals surface area contributed by atoms with Crippen molar-refractivity contribution in [2.45, 2.75) is 31.7 Å². The van der Waals surface area contributed by atoms with E-state index >= 15 is 0 Å². The molecule has 3 atom stereocenters. The van der Waals surface area contributed by atoms with E-state index in [0.29, 0.717) is 23.8 Å². The minimum Gasteiger partial charge on any atom is -0.490 e. The second-order valence-electron chi connectivity index (χ2n) is 9.12. The highest BCUT2D eigenvalue weighted by Crippen LogP contribution is 2.32. The summed E-state index contributed by atoms with van der Waals surface area (Å²) in [6, 6.07) is 14.5. The summed E-state index contributed by atoms with van der Waals surface area (Å²) >= 11 is 0. The Morgan fingerprint density at radius 3 is 3.00 bits per heavy atom. The number of piperidine rings is 1. The van der Waals surface area contributed by atoms with Crippen LogP contribution >= 0.6 is 0 Å². The van der Waals surface area contributed by atoms with Crippen LogP contribution in [0.15, 0.2) is 48.7 Å². The van der Waals surface area contributed by atoms with Crippen LogP contribution in [0, 0.1) is 11.3 Å². The monoisotopic (exact) mass is 518 g/mol. The molecule has 38 heavy (non-hydrogen) atoms. The number of aliphatic hydroxyl groups excluding tert-OH is 1. The number of aromatic nitrogens is 2. The van der Waals surface area contributed by atoms with E-state index in [9.17, 15) is 19.6 Å². The van der Waals surface area contributed by atoms with Gasteiger partial charge in [-0.15, -0.1) is 0 Å². The quantitative estimate of drug-likeness (QED) is 0.450. The van der Waals surface area contributed by atoms with Gasteiger partial charge < -0.3 is 30.1 Å². The summed E-state index contributed by atoms with van der Waals surface area (Å²) in [7, 11) is 0. The number of likely N-dealkylation sites (tertiary alicyclic amines) is 1. The summed E-state index contributed by atoms with van der Waals surface area (Å²) in [5.41, 5.74) is 2.56. The number of halogens is 1. The van der Waals surface area contributed by atoms with E-state index in [2.05, 4.69) is 26.7 Å². The van der Waals surface area contributed by atoms with Gasteiger partial charge in [-0.2, -0.15) is 5.26 Å². The highest BCUT2D eigenvalue weighted by Gasteiger charge is 2.34. The van der Waals surface area contributed by atoms with Crippen molar-refractivity contribution >= 4 is 23.1 Å². The van der Waals surface area contributed by atoms with Gasteiger partial charge in [-0.05, 0) is 49.4 Å². The zero-order valence-electron chi connectivity index (χ0n) is 20.7. The van der Waals surface area contributed by atoms with Crippen molar-refractivity contribution in [3.05, 3.63) is 54.2 Å². The number of fused-ring (bicyclic) bond motifs is 1. The zero-order chi connectivity index (χ0) is 26.6. The van der Waals surface area contributed by atoms with Gasteiger partial charge in [-0.25, -0.2) is 14.4 Å². The average molecular weight is 519 g/mol. The first-order valence-electron chi connectivity index (χ1n) is 12.3. The number of aliphatic hydroxyl groups is 1. The van der Waals surface area contributed by atoms with Gasteiger partial charge in [0.1, 0.15) is 42.2 Å². The molecule has 0 aliphatic carbocycles. The molecule has 196 valence electrons. The van der Waals surface area contributed by atoms with Crippen LogP contribution in [0.1, 0.15) is 18.9 Å². The lowest BCUT2D eigenvalue weighted by Gasteiger charge is -2.35. The molecule has 2 aliphatic rings. The largest absolute Gasteiger partial charge is 0.490 e. The Bertz CT molecular complexity index is 1380. The first kappa shape index (κ1) is 25.2. The number of hydrogen-bond donors (Lipinski definition) is 3. The van der Waals surface area contributed by atoms with Crippen molar-refractivity contribution in [3.8, 4) is 29.0 Å². The summed E-state index contributed by atoms with van der Waals surface area (Å²) in [6.07, 6.45) is -1.58. The normalized spacial score (nSPS) is 19.3. The number of amides is 1. The number of nitrogens with zero attached hydrogens (tertiary/aromatic N) is 4. The van der Waals surface area contributed by atoms with E-state index in [1.807, 2.05) is 18.2 Å². The maximum atomic E-state index is 14.8. The van der Waals surface area contributed by atoms with Crippen LogP contribution < -0.4 is 20.1 Å². The Kier molecular flexibility index (Phi) is 7.24. The standard InChI is InChI=1S/C27H27FN6O4/c1-16(35)27(36)34-10-7-23(20(28)15-34)38-22-4-2-17(12-18(22)14-29)26-31-8-6-25(33-26)32-19-3-5-24-21(13-19)30-9-11-37-24/h2-6,8,12-13,16,20,23,30,35H,7,9-11,15H2,1H3,(H,31,32,33)/t16-,20+,23-/m0/s1. The molecule has 1 fully saturated rings. The smallest absolute Gasteiger partial charge is 0.251 e. The summed E-state index contributed by atoms with van der Waals surface area (Å²) < 4.78 is 26.2. The van der Waals surface area contributed by atoms with E-state index < -0.39 is 24.3 Å². The van der Waals surface area contributed by atoms with Gasteiger partial charge in [0.2, 0.25) is 0 Å². The predicted octanol–water partition coefficient (Wildman–Crippen LogP) is 3.26. The van der Waals surface area contributed by atoms with Gasteiger partial charge in [0.15, 0.2) is 12.0 Å². The first-order valence-corrected chi connectivity index (χ1v) is 12.3. The van der Waals surface area contributed by atoms with E-state index in [1.54, 1.807) is 30.5 Å². The van der Waals surface area contributed by atoms with Crippen LogP contribution in [0.3, 0.4) is 0 Å². The Morgan fingerprint density at radius 1 is 1.34 bits per heavy atom. The van der Waals surface area contributed by atoms with Crippen molar-refractivity contribution < 1.29 is 23.8 Å². The number of alkyl halides is 1. The topological polar surface area (TPSA) is 133 Å². The van der Waals surface area contributed by atoms with Crippen molar-refractivity contribution in [2.75, 3.05) is 36.9 Å². The molecule has 0 bridgehead atoms. The molecule has 2 aromatic carbocycles. The Labute approximate surface area is 219 Å². The first-order chi connectivity index (χ1) is 18.4. The molecule has 2 aliphatic heterocycles. The van der Waals surface area contributed by atoms with Gasteiger partial charge in [0.05, 0.1) is 17.8 Å². The molecule has 0 spiro atoms. The van der Waals surface area contributed by atoms with Crippen LogP contribution in [-0.2, 0) is 4.79 Å². The third kappa shape index (κ3) is 5.45. The fourth-order valence-electron chi connectivity index (χ4n) is 4.44. The zero-order valence-corrected chi connectivity index (χ0v) is 20.7. The number of rotatable bonds is 6. The summed E-state index contributed by atoms with van der Waals surface area (Å²) in [5.74, 6) is 1.52. The van der Waals surface area contributed by atoms with Crippen LogP contribution in [0.25, 0.3) is 11.4 Å². The Balaban J connectivity index is 1.29. The number of benzene rings is 2. The number of carbonyl (C=O) groups is 1. The molecule has 3 N–H and O–H groups in total. The fraction of sp³-hybridized carbons (Fsp3) is 0.333. The van der Waals surface area contributed by atoms with Crippen molar-refractivity contribution in [1.29, 1.82) is 5.26 Å². The second-order valence-corrected chi connectivity index (χ2v) is 9.12. The number of carbonyl (C=O) groups excluding carboxylic acids is 1. The highest BCUT2D eigenvalue weighted by atomic mass is 19.1. The summed E-state index contributed by atoms with van der Waals surface area (Å²) in [6.45, 7) is 2.81. The van der Waals surface area contributed by atoms with Gasteiger partial charge >= 0.3 is 0 Å². The molecule has 3 aromatic rings. The third-order valence-electron chi connectivity index (χ3n) is 6.37.